The van der Waals surface area contributed by atoms with Gasteiger partial charge in [-0.2, -0.15) is 0 Å². The van der Waals surface area contributed by atoms with Crippen molar-refractivity contribution in [3.63, 3.8) is 0 Å². The minimum absolute atomic E-state index is 0.00610. The zero-order valence-electron chi connectivity index (χ0n) is 10.3. The fraction of sp³-hybridized carbons (Fsp3) is 0.538. The van der Waals surface area contributed by atoms with E-state index in [2.05, 4.69) is 29.0 Å². The molecule has 1 heterocycles. The molecule has 4 nitrogen and oxygen atoms in total. The first-order valence-corrected chi connectivity index (χ1v) is 6.10. The van der Waals surface area contributed by atoms with Crippen LogP contribution in [0.15, 0.2) is 24.3 Å². The summed E-state index contributed by atoms with van der Waals surface area (Å²) in [5, 5.41) is 8.99. The minimum Gasteiger partial charge on any atom is -0.394 e. The van der Waals surface area contributed by atoms with Crippen LogP contribution in [0, 0.1) is 0 Å². The van der Waals surface area contributed by atoms with Gasteiger partial charge < -0.3 is 20.6 Å². The molecule has 1 saturated heterocycles. The fourth-order valence-electron chi connectivity index (χ4n) is 2.10. The first kappa shape index (κ1) is 12.4. The SMILES string of the molecule is CN1CCN(c2ccc([C@H](N)CO)cc2)CC1. The molecule has 0 spiro atoms. The lowest BCUT2D eigenvalue weighted by molar-refractivity contribution is 0.268. The van der Waals surface area contributed by atoms with E-state index in [0.29, 0.717) is 0 Å². The lowest BCUT2D eigenvalue weighted by Crippen LogP contribution is -2.44. The van der Waals surface area contributed by atoms with Crippen LogP contribution in [-0.2, 0) is 0 Å². The highest BCUT2D eigenvalue weighted by Gasteiger charge is 2.14. The number of piperazine rings is 1. The molecule has 0 aromatic heterocycles. The molecule has 3 N–H and O–H groups in total. The van der Waals surface area contributed by atoms with Crippen LogP contribution in [0.1, 0.15) is 11.6 Å². The van der Waals surface area contributed by atoms with Crippen LogP contribution in [0.5, 0.6) is 0 Å². The van der Waals surface area contributed by atoms with E-state index >= 15 is 0 Å². The maximum Gasteiger partial charge on any atom is 0.0624 e. The molecule has 0 bridgehead atoms. The van der Waals surface area contributed by atoms with Crippen molar-refractivity contribution in [3.05, 3.63) is 29.8 Å². The van der Waals surface area contributed by atoms with Crippen LogP contribution in [0.25, 0.3) is 0 Å². The second-order valence-corrected chi connectivity index (χ2v) is 4.67. The first-order chi connectivity index (χ1) is 8.20. The molecule has 2 rings (SSSR count). The number of rotatable bonds is 3. The van der Waals surface area contributed by atoms with Crippen molar-refractivity contribution < 1.29 is 5.11 Å². The Labute approximate surface area is 103 Å². The van der Waals surface area contributed by atoms with Gasteiger partial charge in [-0.15, -0.1) is 0 Å². The Kier molecular flexibility index (Phi) is 3.99. The number of nitrogens with zero attached hydrogens (tertiary/aromatic N) is 2. The van der Waals surface area contributed by atoms with Gasteiger partial charge in [0.2, 0.25) is 0 Å². The number of benzene rings is 1. The van der Waals surface area contributed by atoms with Crippen molar-refractivity contribution in [1.82, 2.24) is 4.90 Å². The molecular formula is C13H21N3O. The van der Waals surface area contributed by atoms with E-state index in [1.54, 1.807) is 0 Å². The number of nitrogens with two attached hydrogens (primary N) is 1. The predicted octanol–water partition coefficient (Wildman–Crippen LogP) is 0.431. The summed E-state index contributed by atoms with van der Waals surface area (Å²) in [4.78, 5) is 4.72. The Bertz CT molecular complexity index is 344. The van der Waals surface area contributed by atoms with Crippen LogP contribution in [-0.4, -0.2) is 49.8 Å². The van der Waals surface area contributed by atoms with Crippen LogP contribution < -0.4 is 10.6 Å². The molecule has 0 aliphatic carbocycles. The minimum atomic E-state index is -0.267. The van der Waals surface area contributed by atoms with E-state index < -0.39 is 0 Å². The fourth-order valence-corrected chi connectivity index (χ4v) is 2.10. The van der Waals surface area contributed by atoms with Crippen LogP contribution in [0.4, 0.5) is 5.69 Å². The van der Waals surface area contributed by atoms with Crippen molar-refractivity contribution >= 4 is 5.69 Å². The molecule has 0 saturated carbocycles. The summed E-state index contributed by atoms with van der Waals surface area (Å²) in [6, 6.07) is 7.94. The summed E-state index contributed by atoms with van der Waals surface area (Å²) in [5.74, 6) is 0. The van der Waals surface area contributed by atoms with E-state index in [9.17, 15) is 0 Å². The number of likely N-dealkylation sites (N-methyl/N-ethyl adjacent to an activating group) is 1. The van der Waals surface area contributed by atoms with E-state index in [1.165, 1.54) is 5.69 Å². The van der Waals surface area contributed by atoms with Gasteiger partial charge in [-0.25, -0.2) is 0 Å². The van der Waals surface area contributed by atoms with Gasteiger partial charge in [0.05, 0.1) is 12.6 Å². The number of hydrogen-bond donors (Lipinski definition) is 2. The third kappa shape index (κ3) is 2.97. The number of hydrogen-bond acceptors (Lipinski definition) is 4. The number of aliphatic hydroxyl groups is 1. The average Bonchev–Trinajstić information content (AvgIpc) is 2.39. The summed E-state index contributed by atoms with van der Waals surface area (Å²) in [7, 11) is 2.15. The topological polar surface area (TPSA) is 52.7 Å². The maximum absolute atomic E-state index is 8.99. The molecule has 1 aromatic carbocycles. The highest BCUT2D eigenvalue weighted by Crippen LogP contribution is 2.19. The third-order valence-corrected chi connectivity index (χ3v) is 3.39. The molecule has 0 unspecified atom stereocenters. The van der Waals surface area contributed by atoms with Gasteiger partial charge >= 0.3 is 0 Å². The van der Waals surface area contributed by atoms with Gasteiger partial charge in [0.25, 0.3) is 0 Å². The summed E-state index contributed by atoms with van der Waals surface area (Å²) < 4.78 is 0. The molecule has 1 fully saturated rings. The standard InChI is InChI=1S/C13H21N3O/c1-15-6-8-16(9-7-15)12-4-2-11(3-5-12)13(14)10-17/h2-5,13,17H,6-10,14H2,1H3/t13-/m1/s1. The molecule has 17 heavy (non-hydrogen) atoms. The molecule has 1 aliphatic heterocycles. The van der Waals surface area contributed by atoms with Crippen LogP contribution in [0.2, 0.25) is 0 Å². The maximum atomic E-state index is 8.99. The Morgan fingerprint density at radius 1 is 1.18 bits per heavy atom. The van der Waals surface area contributed by atoms with Crippen molar-refractivity contribution in [2.45, 2.75) is 6.04 Å². The van der Waals surface area contributed by atoms with Crippen molar-refractivity contribution in [2.24, 2.45) is 5.73 Å². The van der Waals surface area contributed by atoms with Crippen molar-refractivity contribution in [2.75, 3.05) is 44.7 Å². The van der Waals surface area contributed by atoms with E-state index in [-0.39, 0.29) is 12.6 Å². The molecule has 0 radical (unpaired) electrons. The lowest BCUT2D eigenvalue weighted by Gasteiger charge is -2.34. The van der Waals surface area contributed by atoms with Gasteiger partial charge in [0, 0.05) is 31.9 Å². The third-order valence-electron chi connectivity index (χ3n) is 3.39. The zero-order chi connectivity index (χ0) is 12.3. The molecular weight excluding hydrogens is 214 g/mol. The van der Waals surface area contributed by atoms with Gasteiger partial charge in [0.15, 0.2) is 0 Å². The Balaban J connectivity index is 2.02. The second kappa shape index (κ2) is 5.49. The van der Waals surface area contributed by atoms with E-state index in [0.717, 1.165) is 31.7 Å². The van der Waals surface area contributed by atoms with Gasteiger partial charge in [-0.3, -0.25) is 0 Å². The molecule has 1 aliphatic rings. The second-order valence-electron chi connectivity index (χ2n) is 4.67. The normalized spacial score (nSPS) is 19.4. The van der Waals surface area contributed by atoms with Crippen LogP contribution in [0.3, 0.4) is 0 Å². The van der Waals surface area contributed by atoms with Gasteiger partial charge in [-0.05, 0) is 24.7 Å². The quantitative estimate of drug-likeness (QED) is 0.798. The number of anilines is 1. The monoisotopic (exact) mass is 235 g/mol. The summed E-state index contributed by atoms with van der Waals surface area (Å²) in [6.07, 6.45) is 0. The summed E-state index contributed by atoms with van der Waals surface area (Å²) in [5.41, 5.74) is 8.00. The van der Waals surface area contributed by atoms with Gasteiger partial charge in [-0.1, -0.05) is 12.1 Å². The average molecular weight is 235 g/mol. The predicted molar refractivity (Wildman–Crippen MR) is 70.2 cm³/mol. The van der Waals surface area contributed by atoms with Crippen molar-refractivity contribution in [1.29, 1.82) is 0 Å². The molecule has 94 valence electrons. The molecule has 0 amide bonds. The Hall–Kier alpha value is -1.10. The first-order valence-electron chi connectivity index (χ1n) is 6.10. The Morgan fingerprint density at radius 2 is 1.76 bits per heavy atom. The molecule has 4 heteroatoms. The van der Waals surface area contributed by atoms with E-state index in [4.69, 9.17) is 10.8 Å². The summed E-state index contributed by atoms with van der Waals surface area (Å²) >= 11 is 0. The van der Waals surface area contributed by atoms with Gasteiger partial charge in [0.1, 0.15) is 0 Å². The zero-order valence-corrected chi connectivity index (χ0v) is 10.3. The highest BCUT2D eigenvalue weighted by molar-refractivity contribution is 5.48. The largest absolute Gasteiger partial charge is 0.394 e. The summed E-state index contributed by atoms with van der Waals surface area (Å²) in [6.45, 7) is 4.35. The lowest BCUT2D eigenvalue weighted by atomic mass is 10.1. The van der Waals surface area contributed by atoms with E-state index in [1.807, 2.05) is 12.1 Å². The highest BCUT2D eigenvalue weighted by atomic mass is 16.3. The smallest absolute Gasteiger partial charge is 0.0624 e. The van der Waals surface area contributed by atoms with Crippen molar-refractivity contribution in [3.8, 4) is 0 Å². The molecule has 1 aromatic rings. The Morgan fingerprint density at radius 3 is 2.29 bits per heavy atom. The van der Waals surface area contributed by atoms with Crippen LogP contribution >= 0.6 is 0 Å². The molecule has 1 atom stereocenters. The number of aliphatic hydroxyl groups excluding tert-OH is 1.